The van der Waals surface area contributed by atoms with Crippen molar-refractivity contribution < 1.29 is 12.8 Å². The van der Waals surface area contributed by atoms with Gasteiger partial charge in [0.1, 0.15) is 17.5 Å². The Morgan fingerprint density at radius 2 is 1.88 bits per heavy atom. The molecule has 0 aliphatic carbocycles. The first kappa shape index (κ1) is 24.2. The van der Waals surface area contributed by atoms with Gasteiger partial charge >= 0.3 is 0 Å². The molecule has 0 aliphatic rings. The average molecular weight is 471 g/mol. The van der Waals surface area contributed by atoms with E-state index in [2.05, 4.69) is 38.0 Å². The Labute approximate surface area is 193 Å². The average Bonchev–Trinajstić information content (AvgIpc) is 3.17. The number of allylic oxidation sites excluding steroid dienone is 1. The van der Waals surface area contributed by atoms with Crippen LogP contribution >= 0.6 is 0 Å². The van der Waals surface area contributed by atoms with E-state index >= 15 is 0 Å². The highest BCUT2D eigenvalue weighted by atomic mass is 32.2. The highest BCUT2D eigenvalue weighted by Crippen LogP contribution is 2.30. The molecule has 10 heteroatoms. The lowest BCUT2D eigenvalue weighted by Gasteiger charge is -2.18. The zero-order valence-corrected chi connectivity index (χ0v) is 19.7. The van der Waals surface area contributed by atoms with E-state index in [1.165, 1.54) is 16.7 Å². The first-order chi connectivity index (χ1) is 15.7. The molecule has 1 aromatic carbocycles. The molecule has 0 radical (unpaired) electrons. The first-order valence-electron chi connectivity index (χ1n) is 10.4. The summed E-state index contributed by atoms with van der Waals surface area (Å²) in [5, 5.41) is 7.36. The predicted octanol–water partition coefficient (Wildman–Crippen LogP) is 4.20. The number of sulfonamides is 1. The van der Waals surface area contributed by atoms with E-state index in [9.17, 15) is 12.8 Å². The topological polar surface area (TPSA) is 103 Å². The molecule has 2 heterocycles. The second kappa shape index (κ2) is 10.0. The van der Waals surface area contributed by atoms with E-state index in [0.29, 0.717) is 23.6 Å². The fourth-order valence-corrected chi connectivity index (χ4v) is 4.27. The van der Waals surface area contributed by atoms with Gasteiger partial charge in [-0.15, -0.1) is 16.8 Å². The van der Waals surface area contributed by atoms with E-state index in [-0.39, 0.29) is 24.0 Å². The van der Waals surface area contributed by atoms with Gasteiger partial charge in [-0.05, 0) is 31.9 Å². The molecule has 3 rings (SSSR count). The number of aryl methyl sites for hydroxylation is 1. The van der Waals surface area contributed by atoms with Crippen LogP contribution in [0.5, 0.6) is 0 Å². The summed E-state index contributed by atoms with van der Waals surface area (Å²) in [5.74, 6) is -0.0471. The van der Waals surface area contributed by atoms with Crippen molar-refractivity contribution >= 4 is 22.0 Å². The van der Waals surface area contributed by atoms with Crippen molar-refractivity contribution in [2.45, 2.75) is 44.8 Å². The van der Waals surface area contributed by atoms with Crippen molar-refractivity contribution in [2.24, 2.45) is 0 Å². The molecule has 0 spiro atoms. The molecule has 2 aromatic heterocycles. The fourth-order valence-electron chi connectivity index (χ4n) is 3.31. The van der Waals surface area contributed by atoms with Crippen LogP contribution < -0.4 is 4.72 Å². The van der Waals surface area contributed by atoms with Gasteiger partial charge in [-0.25, -0.2) is 22.8 Å². The third kappa shape index (κ3) is 5.33. The Bertz CT molecular complexity index is 1250. The van der Waals surface area contributed by atoms with Crippen LogP contribution in [0.4, 0.5) is 10.3 Å². The number of hydrogen-bond donors (Lipinski definition) is 1. The number of rotatable bonds is 10. The molecule has 2 unspecified atom stereocenters. The predicted molar refractivity (Wildman–Crippen MR) is 127 cm³/mol. The smallest absolute Gasteiger partial charge is 0.243 e. The van der Waals surface area contributed by atoms with Crippen LogP contribution in [-0.2, 0) is 16.4 Å². The summed E-state index contributed by atoms with van der Waals surface area (Å²) in [6.45, 7) is 12.8. The van der Waals surface area contributed by atoms with Gasteiger partial charge < -0.3 is 0 Å². The van der Waals surface area contributed by atoms with Crippen molar-refractivity contribution in [3.05, 3.63) is 78.4 Å². The quantitative estimate of drug-likeness (QED) is 0.446. The van der Waals surface area contributed by atoms with E-state index < -0.39 is 21.1 Å². The summed E-state index contributed by atoms with van der Waals surface area (Å²) in [7, 11) is -3.93. The molecular weight excluding hydrogens is 443 g/mol. The van der Waals surface area contributed by atoms with Gasteiger partial charge in [-0.2, -0.15) is 0 Å². The van der Waals surface area contributed by atoms with Crippen LogP contribution in [-0.4, -0.2) is 38.4 Å². The molecule has 0 saturated carbocycles. The molecule has 0 aliphatic heterocycles. The summed E-state index contributed by atoms with van der Waals surface area (Å²) < 4.78 is 45.1. The number of anilines is 1. The van der Waals surface area contributed by atoms with Gasteiger partial charge in [-0.3, -0.25) is 9.29 Å². The zero-order valence-electron chi connectivity index (χ0n) is 18.9. The summed E-state index contributed by atoms with van der Waals surface area (Å²) >= 11 is 0. The van der Waals surface area contributed by atoms with Crippen LogP contribution in [0.1, 0.15) is 49.0 Å². The van der Waals surface area contributed by atoms with Crippen LogP contribution in [0.25, 0.3) is 11.8 Å². The maximum Gasteiger partial charge on any atom is 0.243 e. The summed E-state index contributed by atoms with van der Waals surface area (Å²) in [6.07, 6.45) is 7.12. The SMILES string of the molecule is C=CCC(C)c1nnc(NS(=O)(=O)C(C)Cc2ncc(C)cn2)n1-c1c(F)cccc1C=C. The Morgan fingerprint density at radius 3 is 2.52 bits per heavy atom. The molecule has 33 heavy (non-hydrogen) atoms. The summed E-state index contributed by atoms with van der Waals surface area (Å²) in [6, 6.07) is 4.53. The highest BCUT2D eigenvalue weighted by Gasteiger charge is 2.28. The lowest BCUT2D eigenvalue weighted by molar-refractivity contribution is 0.584. The van der Waals surface area contributed by atoms with Gasteiger partial charge in [0.15, 0.2) is 0 Å². The van der Waals surface area contributed by atoms with Crippen LogP contribution in [0.15, 0.2) is 49.8 Å². The van der Waals surface area contributed by atoms with E-state index in [0.717, 1.165) is 5.56 Å². The fraction of sp³-hybridized carbons (Fsp3) is 0.304. The van der Waals surface area contributed by atoms with Crippen molar-refractivity contribution in [3.8, 4) is 5.69 Å². The molecule has 174 valence electrons. The number of hydrogen-bond acceptors (Lipinski definition) is 6. The standard InChI is InChI=1S/C23H27FN6O2S/c1-6-9-16(4)22-27-28-23(30(22)21-18(7-2)10-8-11-19(21)24)29-33(31,32)17(5)12-20-25-13-15(3)14-26-20/h6-8,10-11,13-14,16-17H,1-2,9,12H2,3-5H3,(H,28,29). The number of halogens is 1. The number of nitrogens with zero attached hydrogens (tertiary/aromatic N) is 5. The lowest BCUT2D eigenvalue weighted by atomic mass is 10.1. The highest BCUT2D eigenvalue weighted by molar-refractivity contribution is 7.93. The number of benzene rings is 1. The largest absolute Gasteiger partial charge is 0.261 e. The third-order valence-electron chi connectivity index (χ3n) is 5.18. The van der Waals surface area contributed by atoms with E-state index in [1.54, 1.807) is 37.5 Å². The molecular formula is C23H27FN6O2S. The van der Waals surface area contributed by atoms with Gasteiger partial charge in [0, 0.05) is 30.3 Å². The molecule has 0 fully saturated rings. The normalized spacial score (nSPS) is 13.3. The van der Waals surface area contributed by atoms with Crippen LogP contribution in [0.3, 0.4) is 0 Å². The Kier molecular flexibility index (Phi) is 7.37. The zero-order chi connectivity index (χ0) is 24.2. The van der Waals surface area contributed by atoms with Crippen molar-refractivity contribution in [1.29, 1.82) is 0 Å². The van der Waals surface area contributed by atoms with Crippen molar-refractivity contribution in [2.75, 3.05) is 4.72 Å². The van der Waals surface area contributed by atoms with Crippen molar-refractivity contribution in [1.82, 2.24) is 24.7 Å². The van der Waals surface area contributed by atoms with Gasteiger partial charge in [-0.1, -0.05) is 37.8 Å². The summed E-state index contributed by atoms with van der Waals surface area (Å²) in [4.78, 5) is 8.36. The minimum atomic E-state index is -3.93. The van der Waals surface area contributed by atoms with E-state index in [4.69, 9.17) is 0 Å². The monoisotopic (exact) mass is 470 g/mol. The minimum absolute atomic E-state index is 0.0983. The molecule has 2 atom stereocenters. The molecule has 0 bridgehead atoms. The Hall–Kier alpha value is -3.40. The minimum Gasteiger partial charge on any atom is -0.261 e. The van der Waals surface area contributed by atoms with Crippen molar-refractivity contribution in [3.63, 3.8) is 0 Å². The lowest BCUT2D eigenvalue weighted by Crippen LogP contribution is -2.29. The van der Waals surface area contributed by atoms with Gasteiger partial charge in [0.05, 0.1) is 10.9 Å². The number of para-hydroxylation sites is 1. The number of nitrogens with one attached hydrogen (secondary N) is 1. The summed E-state index contributed by atoms with van der Waals surface area (Å²) in [5.41, 5.74) is 1.48. The van der Waals surface area contributed by atoms with Crippen LogP contribution in [0.2, 0.25) is 0 Å². The third-order valence-corrected chi connectivity index (χ3v) is 6.87. The maximum atomic E-state index is 15.0. The molecule has 0 amide bonds. The van der Waals surface area contributed by atoms with E-state index in [1.807, 2.05) is 13.8 Å². The second-order valence-electron chi connectivity index (χ2n) is 7.86. The number of aromatic nitrogens is 5. The molecule has 8 nitrogen and oxygen atoms in total. The Balaban J connectivity index is 2.03. The maximum absolute atomic E-state index is 15.0. The molecule has 3 aromatic rings. The first-order valence-corrected chi connectivity index (χ1v) is 12.0. The second-order valence-corrected chi connectivity index (χ2v) is 9.96. The molecule has 0 saturated heterocycles. The van der Waals surface area contributed by atoms with Gasteiger partial charge in [0.25, 0.3) is 0 Å². The van der Waals surface area contributed by atoms with Crippen LogP contribution in [0, 0.1) is 12.7 Å². The Morgan fingerprint density at radius 1 is 1.18 bits per heavy atom. The van der Waals surface area contributed by atoms with Gasteiger partial charge in [0.2, 0.25) is 16.0 Å². The molecule has 1 N–H and O–H groups in total.